The van der Waals surface area contributed by atoms with Crippen molar-refractivity contribution in [1.82, 2.24) is 20.2 Å². The number of aromatic nitrogens is 2. The summed E-state index contributed by atoms with van der Waals surface area (Å²) in [6, 6.07) is 6.66. The molecular formula is C19H25F4IN6O. The number of alkyl halides is 4. The van der Waals surface area contributed by atoms with E-state index in [1.807, 2.05) is 11.8 Å². The van der Waals surface area contributed by atoms with Gasteiger partial charge in [-0.1, -0.05) is 12.1 Å². The largest absolute Gasteiger partial charge is 0.433 e. The van der Waals surface area contributed by atoms with E-state index in [-0.39, 0.29) is 48.1 Å². The predicted octanol–water partition coefficient (Wildman–Crippen LogP) is 3.83. The Labute approximate surface area is 194 Å². The summed E-state index contributed by atoms with van der Waals surface area (Å²) in [7, 11) is 0. The van der Waals surface area contributed by atoms with E-state index in [9.17, 15) is 17.6 Å². The van der Waals surface area contributed by atoms with Crippen LogP contribution in [0.3, 0.4) is 0 Å². The highest BCUT2D eigenvalue weighted by Crippen LogP contribution is 2.31. The van der Waals surface area contributed by atoms with Crippen LogP contribution in [0.4, 0.5) is 23.2 Å². The van der Waals surface area contributed by atoms with E-state index in [0.717, 1.165) is 11.0 Å². The Morgan fingerprint density at radius 2 is 2.06 bits per heavy atom. The molecule has 2 heterocycles. The summed E-state index contributed by atoms with van der Waals surface area (Å²) < 4.78 is 56.6. The molecule has 2 aromatic rings. The monoisotopic (exact) mass is 556 g/mol. The fourth-order valence-corrected chi connectivity index (χ4v) is 3.32. The molecule has 0 saturated carbocycles. The van der Waals surface area contributed by atoms with Crippen molar-refractivity contribution in [2.45, 2.75) is 39.1 Å². The first kappa shape index (κ1) is 25.0. The second kappa shape index (κ2) is 12.0. The van der Waals surface area contributed by atoms with Crippen LogP contribution in [0.2, 0.25) is 0 Å². The molecule has 31 heavy (non-hydrogen) atoms. The lowest BCUT2D eigenvalue weighted by molar-refractivity contribution is -0.0495. The van der Waals surface area contributed by atoms with E-state index >= 15 is 0 Å². The number of ether oxygens (including phenoxy) is 1. The van der Waals surface area contributed by atoms with Crippen LogP contribution >= 0.6 is 24.0 Å². The molecular weight excluding hydrogens is 531 g/mol. The quantitative estimate of drug-likeness (QED) is 0.224. The average molecular weight is 556 g/mol. The van der Waals surface area contributed by atoms with Crippen LogP contribution < -0.4 is 20.3 Å². The van der Waals surface area contributed by atoms with E-state index in [2.05, 4.69) is 25.3 Å². The van der Waals surface area contributed by atoms with Gasteiger partial charge in [0, 0.05) is 38.1 Å². The summed E-state index contributed by atoms with van der Waals surface area (Å²) in [6.07, 6.45) is 3.27. The number of aliphatic imine (C=N–C) groups is 1. The van der Waals surface area contributed by atoms with E-state index in [1.54, 1.807) is 18.2 Å². The van der Waals surface area contributed by atoms with Crippen LogP contribution in [0, 0.1) is 0 Å². The molecule has 1 saturated heterocycles. The molecule has 2 N–H and O–H groups in total. The highest BCUT2D eigenvalue weighted by atomic mass is 127. The topological polar surface area (TPSA) is 66.7 Å². The lowest BCUT2D eigenvalue weighted by Gasteiger charge is -2.22. The number of hydrogen-bond donors (Lipinski definition) is 2. The fourth-order valence-electron chi connectivity index (χ4n) is 3.32. The number of para-hydroxylation sites is 2. The Morgan fingerprint density at radius 1 is 1.29 bits per heavy atom. The van der Waals surface area contributed by atoms with Gasteiger partial charge in [0.1, 0.15) is 18.1 Å². The van der Waals surface area contributed by atoms with Crippen LogP contribution in [-0.4, -0.2) is 47.8 Å². The smallest absolute Gasteiger partial charge is 0.387 e. The Kier molecular flexibility index (Phi) is 9.65. The van der Waals surface area contributed by atoms with Crippen LogP contribution in [-0.2, 0) is 6.54 Å². The SMILES string of the molecule is CCNC(=NCc1nccn1C(F)F)NC1CCN(c2ccccc2OC(F)F)C1.I. The van der Waals surface area contributed by atoms with Gasteiger partial charge in [-0.05, 0) is 25.5 Å². The third kappa shape index (κ3) is 6.87. The van der Waals surface area contributed by atoms with Gasteiger partial charge in [0.25, 0.3) is 0 Å². The van der Waals surface area contributed by atoms with Crippen molar-refractivity contribution in [2.75, 3.05) is 24.5 Å². The highest BCUT2D eigenvalue weighted by Gasteiger charge is 2.26. The Balaban J connectivity index is 0.00000341. The van der Waals surface area contributed by atoms with Crippen LogP contribution in [0.15, 0.2) is 41.7 Å². The molecule has 0 radical (unpaired) electrons. The minimum Gasteiger partial charge on any atom is -0.433 e. The number of halogens is 5. The molecule has 7 nitrogen and oxygen atoms in total. The molecule has 12 heteroatoms. The van der Waals surface area contributed by atoms with Gasteiger partial charge in [0.05, 0.1) is 5.69 Å². The number of nitrogens with zero attached hydrogens (tertiary/aromatic N) is 4. The van der Waals surface area contributed by atoms with Gasteiger partial charge < -0.3 is 20.3 Å². The van der Waals surface area contributed by atoms with Crippen molar-refractivity contribution >= 4 is 35.6 Å². The van der Waals surface area contributed by atoms with Gasteiger partial charge in [-0.15, -0.1) is 24.0 Å². The maximum Gasteiger partial charge on any atom is 0.387 e. The average Bonchev–Trinajstić information content (AvgIpc) is 3.36. The zero-order valence-electron chi connectivity index (χ0n) is 16.8. The molecule has 172 valence electrons. The lowest BCUT2D eigenvalue weighted by Crippen LogP contribution is -2.44. The third-order valence-corrected chi connectivity index (χ3v) is 4.63. The van der Waals surface area contributed by atoms with Crippen molar-refractivity contribution in [2.24, 2.45) is 4.99 Å². The Bertz CT molecular complexity index is 850. The number of benzene rings is 1. The van der Waals surface area contributed by atoms with Gasteiger partial charge in [0.15, 0.2) is 5.96 Å². The van der Waals surface area contributed by atoms with Gasteiger partial charge in [-0.3, -0.25) is 4.57 Å². The van der Waals surface area contributed by atoms with Crippen molar-refractivity contribution < 1.29 is 22.3 Å². The minimum absolute atomic E-state index is 0. The molecule has 3 rings (SSSR count). The number of rotatable bonds is 8. The number of anilines is 1. The lowest BCUT2D eigenvalue weighted by atomic mass is 10.2. The minimum atomic E-state index is -2.89. The molecule has 1 aromatic carbocycles. The molecule has 1 unspecified atom stereocenters. The van der Waals surface area contributed by atoms with Crippen molar-refractivity contribution in [1.29, 1.82) is 0 Å². The van der Waals surface area contributed by atoms with E-state index in [4.69, 9.17) is 0 Å². The van der Waals surface area contributed by atoms with E-state index < -0.39 is 13.2 Å². The van der Waals surface area contributed by atoms with Crippen molar-refractivity contribution in [3.8, 4) is 5.75 Å². The van der Waals surface area contributed by atoms with Gasteiger partial charge in [-0.25, -0.2) is 9.98 Å². The zero-order valence-corrected chi connectivity index (χ0v) is 19.2. The summed E-state index contributed by atoms with van der Waals surface area (Å²) in [5.41, 5.74) is 0.600. The molecule has 0 aliphatic carbocycles. The van der Waals surface area contributed by atoms with E-state index in [1.165, 1.54) is 18.5 Å². The molecule has 1 aliphatic rings. The number of guanidine groups is 1. The standard InChI is InChI=1S/C19H24F4N6O.HI/c1-2-24-19(26-11-16-25-8-10-29(16)17(20)21)27-13-7-9-28(12-13)14-5-3-4-6-15(14)30-18(22)23;/h3-6,8,10,13,17-18H,2,7,9,11-12H2,1H3,(H2,24,26,27);1H. The van der Waals surface area contributed by atoms with Crippen molar-refractivity contribution in [3.05, 3.63) is 42.5 Å². The van der Waals surface area contributed by atoms with Crippen LogP contribution in [0.5, 0.6) is 5.75 Å². The summed E-state index contributed by atoms with van der Waals surface area (Å²) >= 11 is 0. The maximum absolute atomic E-state index is 13.0. The summed E-state index contributed by atoms with van der Waals surface area (Å²) in [5, 5.41) is 6.36. The fraction of sp³-hybridized carbons (Fsp3) is 0.474. The summed E-state index contributed by atoms with van der Waals surface area (Å²) in [4.78, 5) is 10.2. The normalized spacial score (nSPS) is 16.5. The van der Waals surface area contributed by atoms with Crippen LogP contribution in [0.25, 0.3) is 0 Å². The summed E-state index contributed by atoms with van der Waals surface area (Å²) in [5.74, 6) is 0.770. The second-order valence-corrected chi connectivity index (χ2v) is 6.65. The number of nitrogens with one attached hydrogen (secondary N) is 2. The highest BCUT2D eigenvalue weighted by molar-refractivity contribution is 14.0. The first-order valence-electron chi connectivity index (χ1n) is 9.61. The van der Waals surface area contributed by atoms with Gasteiger partial charge in [0.2, 0.25) is 0 Å². The molecule has 1 atom stereocenters. The molecule has 1 aromatic heterocycles. The molecule has 0 amide bonds. The first-order chi connectivity index (χ1) is 14.5. The van der Waals surface area contributed by atoms with Crippen LogP contribution in [0.1, 0.15) is 25.7 Å². The van der Waals surface area contributed by atoms with Gasteiger partial charge in [-0.2, -0.15) is 17.6 Å². The third-order valence-electron chi connectivity index (χ3n) is 4.63. The Hall–Kier alpha value is -2.25. The first-order valence-corrected chi connectivity index (χ1v) is 9.61. The maximum atomic E-state index is 13.0. The molecule has 1 aliphatic heterocycles. The second-order valence-electron chi connectivity index (χ2n) is 6.65. The number of hydrogen-bond acceptors (Lipinski definition) is 4. The molecule has 0 bridgehead atoms. The number of imidazole rings is 1. The van der Waals surface area contributed by atoms with E-state index in [0.29, 0.717) is 31.3 Å². The molecule has 0 spiro atoms. The predicted molar refractivity (Wildman–Crippen MR) is 121 cm³/mol. The summed E-state index contributed by atoms with van der Waals surface area (Å²) in [6.45, 7) is -1.87. The van der Waals surface area contributed by atoms with Crippen molar-refractivity contribution in [3.63, 3.8) is 0 Å². The zero-order chi connectivity index (χ0) is 21.5. The Morgan fingerprint density at radius 3 is 2.77 bits per heavy atom. The van der Waals surface area contributed by atoms with Gasteiger partial charge >= 0.3 is 13.2 Å². The molecule has 1 fully saturated rings.